The number of rotatable bonds is 4. The predicted molar refractivity (Wildman–Crippen MR) is 62.3 cm³/mol. The standard InChI is InChI=1S/C13H19NO/c1-10(2)15-13-5-3-4-11(7-13)6-12-8-14-9-12/h3-5,7,10,12,14H,6,8-9H2,1-2H3. The molecular formula is C13H19NO. The highest BCUT2D eigenvalue weighted by molar-refractivity contribution is 5.29. The predicted octanol–water partition coefficient (Wildman–Crippen LogP) is 2.24. The lowest BCUT2D eigenvalue weighted by atomic mass is 9.94. The summed E-state index contributed by atoms with van der Waals surface area (Å²) in [7, 11) is 0. The number of hydrogen-bond donors (Lipinski definition) is 1. The minimum atomic E-state index is 0.255. The molecule has 0 saturated carbocycles. The maximum atomic E-state index is 5.67. The molecule has 1 aliphatic rings. The molecule has 2 nitrogen and oxygen atoms in total. The van der Waals surface area contributed by atoms with Crippen LogP contribution in [0.3, 0.4) is 0 Å². The van der Waals surface area contributed by atoms with Gasteiger partial charge in [0.2, 0.25) is 0 Å². The lowest BCUT2D eigenvalue weighted by molar-refractivity contribution is 0.242. The molecule has 1 aromatic rings. The summed E-state index contributed by atoms with van der Waals surface area (Å²) in [6.07, 6.45) is 1.42. The third-order valence-electron chi connectivity index (χ3n) is 2.66. The van der Waals surface area contributed by atoms with Crippen molar-refractivity contribution in [3.05, 3.63) is 29.8 Å². The molecule has 2 rings (SSSR count). The van der Waals surface area contributed by atoms with Crippen LogP contribution in [0.25, 0.3) is 0 Å². The highest BCUT2D eigenvalue weighted by Crippen LogP contribution is 2.18. The number of nitrogens with one attached hydrogen (secondary N) is 1. The van der Waals surface area contributed by atoms with Crippen molar-refractivity contribution in [1.29, 1.82) is 0 Å². The van der Waals surface area contributed by atoms with E-state index in [4.69, 9.17) is 4.74 Å². The lowest BCUT2D eigenvalue weighted by Gasteiger charge is -2.27. The van der Waals surface area contributed by atoms with Crippen molar-refractivity contribution >= 4 is 0 Å². The Balaban J connectivity index is 1.98. The summed E-state index contributed by atoms with van der Waals surface area (Å²) in [5.41, 5.74) is 1.39. The number of ether oxygens (including phenoxy) is 1. The van der Waals surface area contributed by atoms with Crippen LogP contribution >= 0.6 is 0 Å². The number of benzene rings is 1. The summed E-state index contributed by atoms with van der Waals surface area (Å²) in [6.45, 7) is 6.44. The number of hydrogen-bond acceptors (Lipinski definition) is 2. The maximum Gasteiger partial charge on any atom is 0.119 e. The fourth-order valence-electron chi connectivity index (χ4n) is 1.84. The van der Waals surface area contributed by atoms with E-state index in [-0.39, 0.29) is 6.10 Å². The summed E-state index contributed by atoms with van der Waals surface area (Å²) in [4.78, 5) is 0. The van der Waals surface area contributed by atoms with Crippen LogP contribution < -0.4 is 10.1 Å². The average molecular weight is 205 g/mol. The zero-order chi connectivity index (χ0) is 10.7. The van der Waals surface area contributed by atoms with E-state index in [0.29, 0.717) is 0 Å². The molecule has 2 heteroatoms. The summed E-state index contributed by atoms with van der Waals surface area (Å²) in [5.74, 6) is 1.81. The van der Waals surface area contributed by atoms with Gasteiger partial charge < -0.3 is 10.1 Å². The molecule has 0 unspecified atom stereocenters. The van der Waals surface area contributed by atoms with E-state index in [1.54, 1.807) is 0 Å². The first-order valence-electron chi connectivity index (χ1n) is 5.70. The average Bonchev–Trinajstić information content (AvgIpc) is 2.11. The molecule has 0 aromatic heterocycles. The van der Waals surface area contributed by atoms with E-state index in [1.807, 2.05) is 6.07 Å². The summed E-state index contributed by atoms with van der Waals surface area (Å²) in [6, 6.07) is 8.46. The summed E-state index contributed by atoms with van der Waals surface area (Å²) < 4.78 is 5.67. The molecule has 15 heavy (non-hydrogen) atoms. The van der Waals surface area contributed by atoms with Crippen LogP contribution in [-0.2, 0) is 6.42 Å². The van der Waals surface area contributed by atoms with Crippen LogP contribution in [0.4, 0.5) is 0 Å². The van der Waals surface area contributed by atoms with Crippen molar-refractivity contribution in [1.82, 2.24) is 5.32 Å². The van der Waals surface area contributed by atoms with E-state index in [0.717, 1.165) is 24.8 Å². The fraction of sp³-hybridized carbons (Fsp3) is 0.538. The van der Waals surface area contributed by atoms with Gasteiger partial charge in [0.15, 0.2) is 0 Å². The molecule has 1 aliphatic heterocycles. The van der Waals surface area contributed by atoms with Crippen LogP contribution in [0.1, 0.15) is 19.4 Å². The van der Waals surface area contributed by atoms with Gasteiger partial charge in [-0.25, -0.2) is 0 Å². The first kappa shape index (κ1) is 10.5. The third kappa shape index (κ3) is 2.96. The quantitative estimate of drug-likeness (QED) is 0.814. The topological polar surface area (TPSA) is 21.3 Å². The van der Waals surface area contributed by atoms with Gasteiger partial charge in [-0.1, -0.05) is 12.1 Å². The minimum Gasteiger partial charge on any atom is -0.491 e. The second kappa shape index (κ2) is 4.67. The van der Waals surface area contributed by atoms with Gasteiger partial charge >= 0.3 is 0 Å². The molecule has 1 aromatic carbocycles. The highest BCUT2D eigenvalue weighted by Gasteiger charge is 2.16. The SMILES string of the molecule is CC(C)Oc1cccc(CC2CNC2)c1. The van der Waals surface area contributed by atoms with Crippen LogP contribution in [0.5, 0.6) is 5.75 Å². The minimum absolute atomic E-state index is 0.255. The van der Waals surface area contributed by atoms with Gasteiger partial charge in [0, 0.05) is 0 Å². The fourth-order valence-corrected chi connectivity index (χ4v) is 1.84. The Morgan fingerprint density at radius 2 is 2.20 bits per heavy atom. The summed E-state index contributed by atoms with van der Waals surface area (Å²) >= 11 is 0. The molecule has 0 bridgehead atoms. The zero-order valence-electron chi connectivity index (χ0n) is 9.49. The molecular weight excluding hydrogens is 186 g/mol. The zero-order valence-corrected chi connectivity index (χ0v) is 9.49. The van der Waals surface area contributed by atoms with E-state index in [9.17, 15) is 0 Å². The second-order valence-electron chi connectivity index (χ2n) is 4.54. The molecule has 1 fully saturated rings. The molecule has 1 N–H and O–H groups in total. The Morgan fingerprint density at radius 3 is 2.80 bits per heavy atom. The van der Waals surface area contributed by atoms with Crippen LogP contribution in [-0.4, -0.2) is 19.2 Å². The van der Waals surface area contributed by atoms with Crippen molar-refractivity contribution in [3.63, 3.8) is 0 Å². The van der Waals surface area contributed by atoms with Crippen LogP contribution in [0.2, 0.25) is 0 Å². The molecule has 0 spiro atoms. The van der Waals surface area contributed by atoms with Gasteiger partial charge in [-0.05, 0) is 57.0 Å². The lowest BCUT2D eigenvalue weighted by Crippen LogP contribution is -2.43. The Labute approximate surface area is 91.6 Å². The van der Waals surface area contributed by atoms with E-state index in [2.05, 4.69) is 37.4 Å². The highest BCUT2D eigenvalue weighted by atomic mass is 16.5. The first-order valence-corrected chi connectivity index (χ1v) is 5.70. The third-order valence-corrected chi connectivity index (χ3v) is 2.66. The Hall–Kier alpha value is -1.02. The van der Waals surface area contributed by atoms with Crippen molar-refractivity contribution < 1.29 is 4.74 Å². The normalized spacial score (nSPS) is 16.5. The molecule has 0 radical (unpaired) electrons. The monoisotopic (exact) mass is 205 g/mol. The van der Waals surface area contributed by atoms with Crippen LogP contribution in [0.15, 0.2) is 24.3 Å². The molecule has 0 atom stereocenters. The van der Waals surface area contributed by atoms with Gasteiger partial charge in [0.25, 0.3) is 0 Å². The molecule has 0 amide bonds. The Kier molecular flexibility index (Phi) is 3.27. The van der Waals surface area contributed by atoms with Crippen molar-refractivity contribution in [2.24, 2.45) is 5.92 Å². The van der Waals surface area contributed by atoms with Gasteiger partial charge in [0.1, 0.15) is 5.75 Å². The van der Waals surface area contributed by atoms with E-state index >= 15 is 0 Å². The largest absolute Gasteiger partial charge is 0.491 e. The molecule has 0 aliphatic carbocycles. The van der Waals surface area contributed by atoms with Gasteiger partial charge in [0.05, 0.1) is 6.10 Å². The van der Waals surface area contributed by atoms with Crippen molar-refractivity contribution in [2.45, 2.75) is 26.4 Å². The van der Waals surface area contributed by atoms with Gasteiger partial charge in [-0.15, -0.1) is 0 Å². The summed E-state index contributed by atoms with van der Waals surface area (Å²) in [5, 5.41) is 3.30. The van der Waals surface area contributed by atoms with Gasteiger partial charge in [-0.3, -0.25) is 0 Å². The van der Waals surface area contributed by atoms with E-state index < -0.39 is 0 Å². The Bertz CT molecular complexity index is 318. The molecule has 1 heterocycles. The van der Waals surface area contributed by atoms with Crippen molar-refractivity contribution in [2.75, 3.05) is 13.1 Å². The van der Waals surface area contributed by atoms with Gasteiger partial charge in [-0.2, -0.15) is 0 Å². The maximum absolute atomic E-state index is 5.67. The van der Waals surface area contributed by atoms with Crippen molar-refractivity contribution in [3.8, 4) is 5.75 Å². The van der Waals surface area contributed by atoms with Crippen LogP contribution in [0, 0.1) is 5.92 Å². The smallest absolute Gasteiger partial charge is 0.119 e. The first-order chi connectivity index (χ1) is 7.24. The Morgan fingerprint density at radius 1 is 1.40 bits per heavy atom. The molecule has 1 saturated heterocycles. The molecule has 82 valence electrons. The van der Waals surface area contributed by atoms with E-state index in [1.165, 1.54) is 12.0 Å². The second-order valence-corrected chi connectivity index (χ2v) is 4.54.